The number of rotatable bonds is 5. The van der Waals surface area contributed by atoms with Gasteiger partial charge >= 0.3 is 5.97 Å². The third kappa shape index (κ3) is 2.47. The van der Waals surface area contributed by atoms with Gasteiger partial charge in [0.25, 0.3) is 10.9 Å². The number of amides is 2. The zero-order valence-electron chi connectivity index (χ0n) is 16.0. The van der Waals surface area contributed by atoms with Gasteiger partial charge in [-0.1, -0.05) is 30.3 Å². The van der Waals surface area contributed by atoms with Crippen LogP contribution in [0.25, 0.3) is 0 Å². The largest absolute Gasteiger partial charge is 0.459 e. The number of hydrogen-bond acceptors (Lipinski definition) is 7. The summed E-state index contributed by atoms with van der Waals surface area (Å²) in [6.07, 6.45) is -1.44. The summed E-state index contributed by atoms with van der Waals surface area (Å²) in [5, 5.41) is 2.34. The molecule has 0 aromatic heterocycles. The SMILES string of the molecule is CO[C@@H]1C(=O)N2[C@@H](C(=O)OCc3ccccc3)C(C)(C)S(=O)(=O)C12NC(C)=O. The standard InChI is InChI=1S/C18H22N2O7S/c1-11(21)19-18-14(26-4)15(22)20(18)13(17(2,3)28(18,24)25)16(23)27-10-12-8-6-5-7-9-12/h5-9,13-14H,10H2,1-4H3,(H,19,21)/t13-,14+,18?/m0/s1. The highest BCUT2D eigenvalue weighted by Crippen LogP contribution is 2.53. The molecule has 10 heteroatoms. The lowest BCUT2D eigenvalue weighted by Gasteiger charge is -2.51. The van der Waals surface area contributed by atoms with E-state index in [2.05, 4.69) is 5.32 Å². The predicted octanol–water partition coefficient (Wildman–Crippen LogP) is -0.0475. The third-order valence-corrected chi connectivity index (χ3v) is 8.17. The van der Waals surface area contributed by atoms with E-state index >= 15 is 0 Å². The molecular weight excluding hydrogens is 388 g/mol. The van der Waals surface area contributed by atoms with Gasteiger partial charge in [-0.05, 0) is 19.4 Å². The number of nitrogens with one attached hydrogen (secondary N) is 1. The third-order valence-electron chi connectivity index (χ3n) is 5.23. The van der Waals surface area contributed by atoms with Crippen molar-refractivity contribution in [1.82, 2.24) is 10.2 Å². The molecule has 2 aliphatic rings. The summed E-state index contributed by atoms with van der Waals surface area (Å²) < 4.78 is 35.4. The van der Waals surface area contributed by atoms with Crippen molar-refractivity contribution in [2.75, 3.05) is 7.11 Å². The van der Waals surface area contributed by atoms with Gasteiger partial charge in [0.05, 0.1) is 0 Å². The van der Waals surface area contributed by atoms with Crippen LogP contribution < -0.4 is 5.32 Å². The second-order valence-electron chi connectivity index (χ2n) is 7.30. The van der Waals surface area contributed by atoms with Crippen LogP contribution in [0.1, 0.15) is 26.3 Å². The molecule has 2 amide bonds. The normalized spacial score (nSPS) is 29.6. The smallest absolute Gasteiger partial charge is 0.330 e. The minimum atomic E-state index is -4.25. The first kappa shape index (κ1) is 20.3. The zero-order chi connectivity index (χ0) is 20.9. The average Bonchev–Trinajstić information content (AvgIpc) is 2.74. The lowest BCUT2D eigenvalue weighted by atomic mass is 9.94. The molecule has 28 heavy (non-hydrogen) atoms. The minimum absolute atomic E-state index is 0.0742. The number of methoxy groups -OCH3 is 1. The van der Waals surface area contributed by atoms with Gasteiger partial charge in [-0.3, -0.25) is 14.5 Å². The van der Waals surface area contributed by atoms with Crippen LogP contribution in [-0.4, -0.2) is 60.1 Å². The Labute approximate surface area is 162 Å². The van der Waals surface area contributed by atoms with Crippen LogP contribution in [-0.2, 0) is 40.3 Å². The monoisotopic (exact) mass is 410 g/mol. The Morgan fingerprint density at radius 1 is 1.21 bits per heavy atom. The van der Waals surface area contributed by atoms with Crippen LogP contribution in [0.4, 0.5) is 0 Å². The Kier molecular flexibility index (Phi) is 4.75. The molecule has 152 valence electrons. The number of nitrogens with zero attached hydrogens (tertiary/aromatic N) is 1. The fraction of sp³-hybridized carbons (Fsp3) is 0.500. The van der Waals surface area contributed by atoms with Crippen molar-refractivity contribution in [3.8, 4) is 0 Å². The fourth-order valence-electron chi connectivity index (χ4n) is 3.87. The van der Waals surface area contributed by atoms with E-state index < -0.39 is 49.5 Å². The topological polar surface area (TPSA) is 119 Å². The van der Waals surface area contributed by atoms with Gasteiger partial charge in [-0.25, -0.2) is 13.2 Å². The van der Waals surface area contributed by atoms with E-state index in [-0.39, 0.29) is 6.61 Å². The molecule has 0 spiro atoms. The lowest BCUT2D eigenvalue weighted by Crippen LogP contribution is -2.82. The molecule has 1 aromatic carbocycles. The van der Waals surface area contributed by atoms with E-state index in [1.807, 2.05) is 6.07 Å². The van der Waals surface area contributed by atoms with Crippen molar-refractivity contribution in [2.45, 2.75) is 49.3 Å². The van der Waals surface area contributed by atoms with Gasteiger partial charge in [-0.15, -0.1) is 0 Å². The van der Waals surface area contributed by atoms with Gasteiger partial charge in [0, 0.05) is 14.0 Å². The molecular formula is C18H22N2O7S. The molecule has 2 aliphatic heterocycles. The first-order chi connectivity index (χ1) is 13.0. The Morgan fingerprint density at radius 3 is 2.36 bits per heavy atom. The van der Waals surface area contributed by atoms with Crippen molar-refractivity contribution in [3.05, 3.63) is 35.9 Å². The quantitative estimate of drug-likeness (QED) is 0.534. The Balaban J connectivity index is 1.99. The highest BCUT2D eigenvalue weighted by molar-refractivity contribution is 7.94. The van der Waals surface area contributed by atoms with Crippen molar-refractivity contribution < 1.29 is 32.3 Å². The second-order valence-corrected chi connectivity index (χ2v) is 9.99. The number of β-lactam (4-membered cyclic amide) rings is 1. The van der Waals surface area contributed by atoms with Gasteiger partial charge in [0.1, 0.15) is 11.4 Å². The van der Waals surface area contributed by atoms with Gasteiger partial charge in [-0.2, -0.15) is 0 Å². The maximum Gasteiger partial charge on any atom is 0.330 e. The number of carbonyl (C=O) groups excluding carboxylic acids is 3. The molecule has 1 unspecified atom stereocenters. The number of hydrogen-bond donors (Lipinski definition) is 1. The van der Waals surface area contributed by atoms with Crippen LogP contribution in [0.3, 0.4) is 0 Å². The van der Waals surface area contributed by atoms with Crippen molar-refractivity contribution >= 4 is 27.6 Å². The lowest BCUT2D eigenvalue weighted by molar-refractivity contribution is -0.191. The Bertz CT molecular complexity index is 929. The minimum Gasteiger partial charge on any atom is -0.459 e. The van der Waals surface area contributed by atoms with Crippen LogP contribution in [0, 0.1) is 0 Å². The summed E-state index contributed by atoms with van der Waals surface area (Å²) >= 11 is 0. The molecule has 1 aromatic rings. The summed E-state index contributed by atoms with van der Waals surface area (Å²) in [5.41, 5.74) is 0.715. The van der Waals surface area contributed by atoms with Crippen molar-refractivity contribution in [2.24, 2.45) is 0 Å². The number of ether oxygens (including phenoxy) is 2. The van der Waals surface area contributed by atoms with Crippen LogP contribution in [0.5, 0.6) is 0 Å². The molecule has 9 nitrogen and oxygen atoms in total. The summed E-state index contributed by atoms with van der Waals surface area (Å²) in [7, 11) is -3.07. The first-order valence-corrected chi connectivity index (χ1v) is 10.1. The summed E-state index contributed by atoms with van der Waals surface area (Å²) in [6, 6.07) is 7.44. The summed E-state index contributed by atoms with van der Waals surface area (Å²) in [5.74, 6) is -2.24. The Morgan fingerprint density at radius 2 is 1.82 bits per heavy atom. The van der Waals surface area contributed by atoms with Crippen LogP contribution in [0.15, 0.2) is 30.3 Å². The second kappa shape index (κ2) is 6.56. The molecule has 0 bridgehead atoms. The number of fused-ring (bicyclic) bond motifs is 1. The maximum absolute atomic E-state index is 13.3. The van der Waals surface area contributed by atoms with Crippen LogP contribution >= 0.6 is 0 Å². The van der Waals surface area contributed by atoms with Crippen molar-refractivity contribution in [1.29, 1.82) is 0 Å². The van der Waals surface area contributed by atoms with E-state index in [0.717, 1.165) is 11.8 Å². The number of esters is 1. The maximum atomic E-state index is 13.3. The zero-order valence-corrected chi connectivity index (χ0v) is 16.8. The van der Waals surface area contributed by atoms with Gasteiger partial charge in [0.2, 0.25) is 15.7 Å². The van der Waals surface area contributed by atoms with E-state index in [0.29, 0.717) is 5.56 Å². The van der Waals surface area contributed by atoms with Crippen LogP contribution in [0.2, 0.25) is 0 Å². The molecule has 2 fully saturated rings. The summed E-state index contributed by atoms with van der Waals surface area (Å²) in [4.78, 5) is 35.9. The molecule has 0 aliphatic carbocycles. The number of benzene rings is 1. The molecule has 2 saturated heterocycles. The van der Waals surface area contributed by atoms with E-state index in [9.17, 15) is 22.8 Å². The average molecular weight is 410 g/mol. The molecule has 2 heterocycles. The van der Waals surface area contributed by atoms with E-state index in [4.69, 9.17) is 9.47 Å². The number of carbonyl (C=O) groups is 3. The van der Waals surface area contributed by atoms with E-state index in [1.54, 1.807) is 24.3 Å². The Hall–Kier alpha value is -2.46. The molecule has 0 saturated carbocycles. The first-order valence-electron chi connectivity index (χ1n) is 8.62. The molecule has 1 N–H and O–H groups in total. The van der Waals surface area contributed by atoms with Crippen molar-refractivity contribution in [3.63, 3.8) is 0 Å². The fourth-order valence-corrected chi connectivity index (χ4v) is 6.38. The molecule has 3 rings (SSSR count). The highest BCUT2D eigenvalue weighted by Gasteiger charge is 2.82. The molecule has 0 radical (unpaired) electrons. The number of sulfone groups is 1. The van der Waals surface area contributed by atoms with E-state index in [1.165, 1.54) is 21.0 Å². The van der Waals surface area contributed by atoms with Gasteiger partial charge in [0.15, 0.2) is 12.1 Å². The highest BCUT2D eigenvalue weighted by atomic mass is 32.2. The molecule has 3 atom stereocenters. The van der Waals surface area contributed by atoms with Gasteiger partial charge < -0.3 is 14.8 Å². The summed E-state index contributed by atoms with van der Waals surface area (Å²) in [6.45, 7) is 3.72. The predicted molar refractivity (Wildman–Crippen MR) is 97.2 cm³/mol.